The lowest BCUT2D eigenvalue weighted by molar-refractivity contribution is 0.248. The zero-order chi connectivity index (χ0) is 16.7. The van der Waals surface area contributed by atoms with Gasteiger partial charge in [0.25, 0.3) is 0 Å². The molecule has 2 aromatic carbocycles. The Labute approximate surface area is 137 Å². The maximum atomic E-state index is 12.2. The van der Waals surface area contributed by atoms with Crippen LogP contribution in [-0.2, 0) is 0 Å². The van der Waals surface area contributed by atoms with Crippen molar-refractivity contribution < 1.29 is 9.90 Å². The highest BCUT2D eigenvalue weighted by Crippen LogP contribution is 2.20. The normalized spacial score (nSPS) is 11.8. The summed E-state index contributed by atoms with van der Waals surface area (Å²) >= 11 is 0. The van der Waals surface area contributed by atoms with Crippen LogP contribution < -0.4 is 10.6 Å². The number of para-hydroxylation sites is 1. The van der Waals surface area contributed by atoms with Gasteiger partial charge in [-0.3, -0.25) is 0 Å². The molecule has 4 heteroatoms. The Hall–Kier alpha value is -2.33. The zero-order valence-electron chi connectivity index (χ0n) is 13.7. The van der Waals surface area contributed by atoms with Crippen molar-refractivity contribution >= 4 is 11.7 Å². The first-order valence-corrected chi connectivity index (χ1v) is 7.88. The van der Waals surface area contributed by atoms with Gasteiger partial charge in [0.1, 0.15) is 0 Å². The summed E-state index contributed by atoms with van der Waals surface area (Å²) in [6.07, 6.45) is 0.619. The number of carbonyl (C=O) groups is 1. The lowest BCUT2D eigenvalue weighted by Gasteiger charge is -2.18. The molecule has 0 aliphatic rings. The predicted molar refractivity (Wildman–Crippen MR) is 93.8 cm³/mol. The quantitative estimate of drug-likeness (QED) is 0.763. The number of aliphatic hydroxyl groups is 1. The largest absolute Gasteiger partial charge is 0.396 e. The summed E-state index contributed by atoms with van der Waals surface area (Å²) in [7, 11) is 0. The molecule has 0 radical (unpaired) electrons. The molecule has 0 saturated heterocycles. The molecule has 0 fully saturated rings. The van der Waals surface area contributed by atoms with Gasteiger partial charge in [0.05, 0.1) is 0 Å². The van der Waals surface area contributed by atoms with Gasteiger partial charge in [-0.05, 0) is 37.0 Å². The van der Waals surface area contributed by atoms with Crippen LogP contribution in [0.15, 0.2) is 48.5 Å². The lowest BCUT2D eigenvalue weighted by Crippen LogP contribution is -2.33. The fourth-order valence-corrected chi connectivity index (χ4v) is 2.65. The molecule has 0 aromatic heterocycles. The molecule has 1 unspecified atom stereocenters. The van der Waals surface area contributed by atoms with Crippen LogP contribution in [0.1, 0.15) is 29.0 Å². The van der Waals surface area contributed by atoms with Crippen LogP contribution in [0.5, 0.6) is 0 Å². The molecule has 0 saturated carbocycles. The summed E-state index contributed by atoms with van der Waals surface area (Å²) < 4.78 is 0. The number of aryl methyl sites for hydroxylation is 2. The standard InChI is InChI=1S/C19H24N2O2/c1-14-7-6-8-15(2)18(14)21-19(23)20-13-17(11-12-22)16-9-4-3-5-10-16/h3-10,17,22H,11-13H2,1-2H3,(H2,20,21,23). The van der Waals surface area contributed by atoms with Crippen molar-refractivity contribution in [3.63, 3.8) is 0 Å². The van der Waals surface area contributed by atoms with E-state index in [0.717, 1.165) is 22.4 Å². The molecular weight excluding hydrogens is 288 g/mol. The predicted octanol–water partition coefficient (Wildman–Crippen LogP) is 3.59. The number of carbonyl (C=O) groups excluding carboxylic acids is 1. The summed E-state index contributed by atoms with van der Waals surface area (Å²) in [5.74, 6) is 0.102. The van der Waals surface area contributed by atoms with E-state index in [4.69, 9.17) is 0 Å². The van der Waals surface area contributed by atoms with Crippen LogP contribution >= 0.6 is 0 Å². The molecule has 2 rings (SSSR count). The summed E-state index contributed by atoms with van der Waals surface area (Å²) in [6, 6.07) is 15.6. The third kappa shape index (κ3) is 4.83. The summed E-state index contributed by atoms with van der Waals surface area (Å²) in [5.41, 5.74) is 4.04. The molecule has 0 aliphatic heterocycles. The van der Waals surface area contributed by atoms with Gasteiger partial charge in [0, 0.05) is 24.8 Å². The SMILES string of the molecule is Cc1cccc(C)c1NC(=O)NCC(CCO)c1ccccc1. The van der Waals surface area contributed by atoms with Gasteiger partial charge in [0.2, 0.25) is 0 Å². The Morgan fingerprint density at radius 3 is 2.30 bits per heavy atom. The van der Waals surface area contributed by atoms with Gasteiger partial charge in [-0.1, -0.05) is 48.5 Å². The minimum absolute atomic E-state index is 0.0970. The van der Waals surface area contributed by atoms with E-state index in [1.54, 1.807) is 0 Å². The monoisotopic (exact) mass is 312 g/mol. The van der Waals surface area contributed by atoms with E-state index in [9.17, 15) is 9.90 Å². The van der Waals surface area contributed by atoms with Gasteiger partial charge >= 0.3 is 6.03 Å². The van der Waals surface area contributed by atoms with Crippen molar-refractivity contribution in [3.8, 4) is 0 Å². The van der Waals surface area contributed by atoms with E-state index in [1.165, 1.54) is 0 Å². The highest BCUT2D eigenvalue weighted by atomic mass is 16.3. The van der Waals surface area contributed by atoms with Crippen LogP contribution in [-0.4, -0.2) is 24.3 Å². The molecule has 0 heterocycles. The topological polar surface area (TPSA) is 61.4 Å². The van der Waals surface area contributed by atoms with Crippen LogP contribution in [0, 0.1) is 13.8 Å². The van der Waals surface area contributed by atoms with Crippen molar-refractivity contribution in [2.75, 3.05) is 18.5 Å². The number of urea groups is 1. The Kier molecular flexibility index (Phi) is 6.18. The van der Waals surface area contributed by atoms with Crippen molar-refractivity contribution in [1.82, 2.24) is 5.32 Å². The molecule has 4 nitrogen and oxygen atoms in total. The van der Waals surface area contributed by atoms with E-state index < -0.39 is 0 Å². The number of aliphatic hydroxyl groups excluding tert-OH is 1. The minimum Gasteiger partial charge on any atom is -0.396 e. The molecule has 0 bridgehead atoms. The average molecular weight is 312 g/mol. The number of hydrogen-bond acceptors (Lipinski definition) is 2. The third-order valence-electron chi connectivity index (χ3n) is 3.98. The first-order chi connectivity index (χ1) is 11.1. The summed E-state index contributed by atoms with van der Waals surface area (Å²) in [5, 5.41) is 15.1. The molecule has 122 valence electrons. The molecular formula is C19H24N2O2. The van der Waals surface area contributed by atoms with Crippen molar-refractivity contribution in [3.05, 3.63) is 65.2 Å². The molecule has 2 aromatic rings. The molecule has 1 atom stereocenters. The average Bonchev–Trinajstić information content (AvgIpc) is 2.56. The number of rotatable bonds is 6. The number of anilines is 1. The first-order valence-electron chi connectivity index (χ1n) is 7.88. The Balaban J connectivity index is 1.97. The minimum atomic E-state index is -0.221. The van der Waals surface area contributed by atoms with E-state index >= 15 is 0 Å². The van der Waals surface area contributed by atoms with E-state index in [0.29, 0.717) is 13.0 Å². The third-order valence-corrected chi connectivity index (χ3v) is 3.98. The summed E-state index contributed by atoms with van der Waals surface area (Å²) in [4.78, 5) is 12.2. The second-order valence-corrected chi connectivity index (χ2v) is 5.72. The van der Waals surface area contributed by atoms with E-state index in [2.05, 4.69) is 10.6 Å². The van der Waals surface area contributed by atoms with Gasteiger partial charge in [0.15, 0.2) is 0 Å². The Bertz CT molecular complexity index is 621. The number of benzene rings is 2. The van der Waals surface area contributed by atoms with Crippen LogP contribution in [0.3, 0.4) is 0 Å². The number of amides is 2. The Morgan fingerprint density at radius 1 is 1.04 bits per heavy atom. The molecule has 0 aliphatic carbocycles. The van der Waals surface area contributed by atoms with Gasteiger partial charge in [-0.15, -0.1) is 0 Å². The number of nitrogens with one attached hydrogen (secondary N) is 2. The molecule has 0 spiro atoms. The summed E-state index contributed by atoms with van der Waals surface area (Å²) in [6.45, 7) is 4.53. The fourth-order valence-electron chi connectivity index (χ4n) is 2.65. The second-order valence-electron chi connectivity index (χ2n) is 5.72. The maximum absolute atomic E-state index is 12.2. The lowest BCUT2D eigenvalue weighted by atomic mass is 9.96. The highest BCUT2D eigenvalue weighted by molar-refractivity contribution is 5.91. The smallest absolute Gasteiger partial charge is 0.319 e. The Morgan fingerprint density at radius 2 is 1.70 bits per heavy atom. The molecule has 2 amide bonds. The van der Waals surface area contributed by atoms with Crippen molar-refractivity contribution in [2.45, 2.75) is 26.2 Å². The van der Waals surface area contributed by atoms with Crippen LogP contribution in [0.2, 0.25) is 0 Å². The van der Waals surface area contributed by atoms with Crippen LogP contribution in [0.25, 0.3) is 0 Å². The maximum Gasteiger partial charge on any atom is 0.319 e. The second kappa shape index (κ2) is 8.34. The fraction of sp³-hybridized carbons (Fsp3) is 0.316. The van der Waals surface area contributed by atoms with Crippen molar-refractivity contribution in [2.24, 2.45) is 0 Å². The van der Waals surface area contributed by atoms with Crippen molar-refractivity contribution in [1.29, 1.82) is 0 Å². The van der Waals surface area contributed by atoms with Crippen LogP contribution in [0.4, 0.5) is 10.5 Å². The van der Waals surface area contributed by atoms with Gasteiger partial charge < -0.3 is 15.7 Å². The van der Waals surface area contributed by atoms with E-state index in [1.807, 2.05) is 62.4 Å². The van der Waals surface area contributed by atoms with Gasteiger partial charge in [-0.25, -0.2) is 4.79 Å². The van der Waals surface area contributed by atoms with E-state index in [-0.39, 0.29) is 18.6 Å². The molecule has 3 N–H and O–H groups in total. The number of hydrogen-bond donors (Lipinski definition) is 3. The molecule has 23 heavy (non-hydrogen) atoms. The van der Waals surface area contributed by atoms with Gasteiger partial charge in [-0.2, -0.15) is 0 Å². The first kappa shape index (κ1) is 17.0. The highest BCUT2D eigenvalue weighted by Gasteiger charge is 2.13. The zero-order valence-corrected chi connectivity index (χ0v) is 13.7.